The minimum absolute atomic E-state index is 0.236. The van der Waals surface area contributed by atoms with E-state index in [4.69, 9.17) is 5.73 Å². The molecule has 0 aliphatic rings. The van der Waals surface area contributed by atoms with Crippen molar-refractivity contribution in [3.05, 3.63) is 22.7 Å². The van der Waals surface area contributed by atoms with Crippen molar-refractivity contribution in [1.29, 1.82) is 0 Å². The number of anilines is 1. The summed E-state index contributed by atoms with van der Waals surface area (Å²) in [6.07, 6.45) is -4.21. The van der Waals surface area contributed by atoms with E-state index < -0.39 is 16.6 Å². The van der Waals surface area contributed by atoms with Crippen LogP contribution in [0.2, 0.25) is 0 Å². The second kappa shape index (κ2) is 2.50. The van der Waals surface area contributed by atoms with Crippen LogP contribution >= 0.6 is 0 Å². The lowest BCUT2D eigenvalue weighted by Gasteiger charge is -2.07. The molecule has 7 heteroatoms. The summed E-state index contributed by atoms with van der Waals surface area (Å²) in [5, 5.41) is 0. The van der Waals surface area contributed by atoms with Gasteiger partial charge in [-0.3, -0.25) is 0 Å². The topological polar surface area (TPSA) is 60.9 Å². The first kappa shape index (κ1) is 8.57. The van der Waals surface area contributed by atoms with Crippen LogP contribution in [0, 0.1) is 0 Å². The molecule has 4 nitrogen and oxygen atoms in total. The number of halogens is 3. The molecule has 66 valence electrons. The van der Waals surface area contributed by atoms with Crippen molar-refractivity contribution >= 4 is 5.82 Å². The summed E-state index contributed by atoms with van der Waals surface area (Å²) in [5.74, 6) is -0.236. The Kier molecular flexibility index (Phi) is 1.79. The van der Waals surface area contributed by atoms with Gasteiger partial charge in [-0.05, 0) is 6.07 Å². The lowest BCUT2D eigenvalue weighted by Crippen LogP contribution is -2.32. The molecule has 1 aromatic heterocycles. The maximum absolute atomic E-state index is 11.9. The molecule has 0 aliphatic carbocycles. The third kappa shape index (κ3) is 1.55. The molecule has 12 heavy (non-hydrogen) atoms. The van der Waals surface area contributed by atoms with E-state index in [-0.39, 0.29) is 5.82 Å². The zero-order valence-electron chi connectivity index (χ0n) is 5.67. The van der Waals surface area contributed by atoms with Gasteiger partial charge in [-0.25, -0.2) is 9.36 Å². The molecule has 0 radical (unpaired) electrons. The van der Waals surface area contributed by atoms with Crippen LogP contribution in [0.3, 0.4) is 0 Å². The molecule has 0 atom stereocenters. The van der Waals surface area contributed by atoms with E-state index in [1.165, 1.54) is 0 Å². The quantitative estimate of drug-likeness (QED) is 0.623. The molecule has 1 rings (SSSR count). The molecule has 2 N–H and O–H groups in total. The highest BCUT2D eigenvalue weighted by molar-refractivity contribution is 5.23. The van der Waals surface area contributed by atoms with Crippen molar-refractivity contribution in [2.45, 2.75) is 6.30 Å². The van der Waals surface area contributed by atoms with Gasteiger partial charge in [0.15, 0.2) is 0 Å². The van der Waals surface area contributed by atoms with E-state index in [1.54, 1.807) is 0 Å². The van der Waals surface area contributed by atoms with Gasteiger partial charge in [0, 0.05) is 6.20 Å². The zero-order chi connectivity index (χ0) is 9.35. The Morgan fingerprint density at radius 2 is 2.08 bits per heavy atom. The van der Waals surface area contributed by atoms with Gasteiger partial charge in [0.1, 0.15) is 5.82 Å². The third-order valence-electron chi connectivity index (χ3n) is 1.10. The average molecular weight is 179 g/mol. The van der Waals surface area contributed by atoms with E-state index in [1.807, 2.05) is 0 Å². The number of aromatic nitrogens is 2. The van der Waals surface area contributed by atoms with Crippen LogP contribution in [-0.2, 0) is 6.30 Å². The Bertz CT molecular complexity index is 343. The SMILES string of the molecule is Nc1ccn(C(F)(F)F)c(=O)n1. The van der Waals surface area contributed by atoms with Gasteiger partial charge in [-0.15, -0.1) is 13.2 Å². The molecule has 0 saturated heterocycles. The fourth-order valence-electron chi connectivity index (χ4n) is 0.609. The normalized spacial score (nSPS) is 11.6. The first-order chi connectivity index (χ1) is 5.41. The average Bonchev–Trinajstić information content (AvgIpc) is 1.83. The van der Waals surface area contributed by atoms with Crippen LogP contribution in [0.1, 0.15) is 0 Å². The summed E-state index contributed by atoms with van der Waals surface area (Å²) in [4.78, 5) is 13.4. The third-order valence-corrected chi connectivity index (χ3v) is 1.10. The number of nitrogens with two attached hydrogens (primary N) is 1. The van der Waals surface area contributed by atoms with Gasteiger partial charge in [0.25, 0.3) is 0 Å². The summed E-state index contributed by atoms with van der Waals surface area (Å²) < 4.78 is 35.1. The van der Waals surface area contributed by atoms with Crippen LogP contribution in [-0.4, -0.2) is 9.55 Å². The molecule has 0 bridgehead atoms. The van der Waals surface area contributed by atoms with Crippen molar-refractivity contribution in [2.75, 3.05) is 5.73 Å². The minimum atomic E-state index is -4.74. The lowest BCUT2D eigenvalue weighted by molar-refractivity contribution is -0.206. The second-order valence-electron chi connectivity index (χ2n) is 1.97. The molecule has 0 fully saturated rings. The van der Waals surface area contributed by atoms with Gasteiger partial charge in [0.2, 0.25) is 0 Å². The van der Waals surface area contributed by atoms with E-state index in [2.05, 4.69) is 4.98 Å². The molecule has 0 amide bonds. The van der Waals surface area contributed by atoms with Crippen molar-refractivity contribution in [1.82, 2.24) is 9.55 Å². The van der Waals surface area contributed by atoms with Crippen molar-refractivity contribution in [3.8, 4) is 0 Å². The smallest absolute Gasteiger partial charge is 0.383 e. The number of nitrogens with zero attached hydrogens (tertiary/aromatic N) is 2. The maximum Gasteiger partial charge on any atom is 0.492 e. The fourth-order valence-corrected chi connectivity index (χ4v) is 0.609. The van der Waals surface area contributed by atoms with Gasteiger partial charge in [-0.1, -0.05) is 0 Å². The summed E-state index contributed by atoms with van der Waals surface area (Å²) in [6, 6.07) is 0.898. The number of alkyl halides is 3. The summed E-state index contributed by atoms with van der Waals surface area (Å²) in [5.41, 5.74) is 3.55. The minimum Gasteiger partial charge on any atom is -0.383 e. The molecule has 1 aromatic rings. The van der Waals surface area contributed by atoms with Crippen molar-refractivity contribution in [3.63, 3.8) is 0 Å². The molecule has 0 unspecified atom stereocenters. The predicted octanol–water partition coefficient (Wildman–Crippen LogP) is 0.302. The van der Waals surface area contributed by atoms with Gasteiger partial charge in [0.05, 0.1) is 0 Å². The highest BCUT2D eigenvalue weighted by Crippen LogP contribution is 2.18. The highest BCUT2D eigenvalue weighted by atomic mass is 19.4. The van der Waals surface area contributed by atoms with Crippen LogP contribution in [0.4, 0.5) is 19.0 Å². The van der Waals surface area contributed by atoms with Crippen molar-refractivity contribution in [2.24, 2.45) is 0 Å². The number of rotatable bonds is 0. The van der Waals surface area contributed by atoms with Crippen LogP contribution < -0.4 is 11.4 Å². The van der Waals surface area contributed by atoms with Gasteiger partial charge >= 0.3 is 12.0 Å². The van der Waals surface area contributed by atoms with E-state index >= 15 is 0 Å². The Balaban J connectivity index is 3.29. The van der Waals surface area contributed by atoms with Gasteiger partial charge in [-0.2, -0.15) is 4.98 Å². The molecular formula is C5H4F3N3O. The van der Waals surface area contributed by atoms with E-state index in [9.17, 15) is 18.0 Å². The predicted molar refractivity (Wildman–Crippen MR) is 34.2 cm³/mol. The number of nitrogen functional groups attached to an aromatic ring is 1. The molecule has 1 heterocycles. The van der Waals surface area contributed by atoms with Crippen LogP contribution in [0.15, 0.2) is 17.1 Å². The van der Waals surface area contributed by atoms with E-state index in [0.29, 0.717) is 6.20 Å². The largest absolute Gasteiger partial charge is 0.492 e. The molecule has 0 spiro atoms. The Morgan fingerprint density at radius 1 is 1.50 bits per heavy atom. The monoisotopic (exact) mass is 179 g/mol. The number of hydrogen-bond donors (Lipinski definition) is 1. The summed E-state index contributed by atoms with van der Waals surface area (Å²) in [7, 11) is 0. The molecular weight excluding hydrogens is 175 g/mol. The zero-order valence-corrected chi connectivity index (χ0v) is 5.67. The molecule has 0 saturated carbocycles. The number of hydrogen-bond acceptors (Lipinski definition) is 3. The Labute approximate surface area is 64.4 Å². The van der Waals surface area contributed by atoms with Gasteiger partial charge < -0.3 is 5.73 Å². The fraction of sp³-hybridized carbons (Fsp3) is 0.200. The van der Waals surface area contributed by atoms with Crippen molar-refractivity contribution < 1.29 is 13.2 Å². The lowest BCUT2D eigenvalue weighted by atomic mass is 10.6. The molecule has 0 aromatic carbocycles. The van der Waals surface area contributed by atoms with Crippen LogP contribution in [0.5, 0.6) is 0 Å². The molecule has 0 aliphatic heterocycles. The summed E-state index contributed by atoms with van der Waals surface area (Å²) in [6.45, 7) is 0. The van der Waals surface area contributed by atoms with Crippen LogP contribution in [0.25, 0.3) is 0 Å². The summed E-state index contributed by atoms with van der Waals surface area (Å²) >= 11 is 0. The standard InChI is InChI=1S/C5H4F3N3O/c6-5(7,8)11-2-1-3(9)10-4(11)12/h1-2H,(H2,9,10,12). The second-order valence-corrected chi connectivity index (χ2v) is 1.97. The Morgan fingerprint density at radius 3 is 2.50 bits per heavy atom. The first-order valence-electron chi connectivity index (χ1n) is 2.83. The maximum atomic E-state index is 11.9. The highest BCUT2D eigenvalue weighted by Gasteiger charge is 2.31. The Hall–Kier alpha value is -1.53. The van der Waals surface area contributed by atoms with E-state index in [0.717, 1.165) is 6.07 Å². The first-order valence-corrected chi connectivity index (χ1v) is 2.83.